The number of benzene rings is 1. The van der Waals surface area contributed by atoms with E-state index in [2.05, 4.69) is 16.9 Å². The third kappa shape index (κ3) is 8.79. The van der Waals surface area contributed by atoms with Crippen molar-refractivity contribution in [1.29, 1.82) is 0 Å². The average molecular weight is 433 g/mol. The SMILES string of the molecule is CCCCCCCCSc1ncc(-c2ccc(S[C@H](C)C(=O)OCC)cc2)cn1. The minimum Gasteiger partial charge on any atom is -0.465 e. The molecule has 6 heteroatoms. The second kappa shape index (κ2) is 13.6. The van der Waals surface area contributed by atoms with Gasteiger partial charge in [0.1, 0.15) is 5.25 Å². The molecule has 2 rings (SSSR count). The fraction of sp³-hybridized carbons (Fsp3) is 0.522. The Labute approximate surface area is 183 Å². The lowest BCUT2D eigenvalue weighted by atomic mass is 10.1. The van der Waals surface area contributed by atoms with Gasteiger partial charge in [-0.1, -0.05) is 62.9 Å². The first-order chi connectivity index (χ1) is 14.1. The summed E-state index contributed by atoms with van der Waals surface area (Å²) in [5.74, 6) is 0.903. The number of hydrogen-bond acceptors (Lipinski definition) is 6. The highest BCUT2D eigenvalue weighted by molar-refractivity contribution is 8.00. The lowest BCUT2D eigenvalue weighted by Crippen LogP contribution is -2.16. The van der Waals surface area contributed by atoms with Gasteiger partial charge in [0, 0.05) is 28.6 Å². The molecule has 0 aliphatic carbocycles. The molecule has 0 bridgehead atoms. The third-order valence-corrected chi connectivity index (χ3v) is 6.53. The van der Waals surface area contributed by atoms with Crippen molar-refractivity contribution in [3.05, 3.63) is 36.7 Å². The number of nitrogens with zero attached hydrogens (tertiary/aromatic N) is 2. The second-order valence-electron chi connectivity index (χ2n) is 6.91. The molecule has 1 aromatic carbocycles. The lowest BCUT2D eigenvalue weighted by Gasteiger charge is -2.10. The molecule has 0 unspecified atom stereocenters. The van der Waals surface area contributed by atoms with Crippen molar-refractivity contribution in [2.24, 2.45) is 0 Å². The van der Waals surface area contributed by atoms with Gasteiger partial charge in [-0.3, -0.25) is 4.79 Å². The zero-order valence-corrected chi connectivity index (χ0v) is 19.4. The average Bonchev–Trinajstić information content (AvgIpc) is 2.74. The Bertz CT molecular complexity index is 721. The van der Waals surface area contributed by atoms with Crippen molar-refractivity contribution in [3.63, 3.8) is 0 Å². The summed E-state index contributed by atoms with van der Waals surface area (Å²) in [5.41, 5.74) is 2.08. The first-order valence-corrected chi connectivity index (χ1v) is 12.4. The van der Waals surface area contributed by atoms with Gasteiger partial charge in [-0.15, -0.1) is 11.8 Å². The highest BCUT2D eigenvalue weighted by atomic mass is 32.2. The van der Waals surface area contributed by atoms with Crippen molar-refractivity contribution in [1.82, 2.24) is 9.97 Å². The van der Waals surface area contributed by atoms with E-state index in [1.165, 1.54) is 50.3 Å². The predicted molar refractivity (Wildman–Crippen MR) is 124 cm³/mol. The summed E-state index contributed by atoms with van der Waals surface area (Å²) < 4.78 is 5.06. The van der Waals surface area contributed by atoms with Crippen LogP contribution in [0.3, 0.4) is 0 Å². The standard InChI is InChI=1S/C23H32N2O2S2/c1-4-6-7-8-9-10-15-28-23-24-16-20(17-25-23)19-11-13-21(14-12-19)29-18(3)22(26)27-5-2/h11-14,16-18H,4-10,15H2,1-3H3/t18-/m1/s1. The minimum atomic E-state index is -0.216. The van der Waals surface area contributed by atoms with Gasteiger partial charge in [0.15, 0.2) is 5.16 Å². The van der Waals surface area contributed by atoms with Crippen LogP contribution in [0.1, 0.15) is 59.3 Å². The van der Waals surface area contributed by atoms with E-state index in [-0.39, 0.29) is 11.2 Å². The van der Waals surface area contributed by atoms with Crippen LogP contribution in [-0.4, -0.2) is 33.5 Å². The smallest absolute Gasteiger partial charge is 0.319 e. The van der Waals surface area contributed by atoms with Crippen molar-refractivity contribution >= 4 is 29.5 Å². The number of carbonyl (C=O) groups excluding carboxylic acids is 1. The summed E-state index contributed by atoms with van der Waals surface area (Å²) in [4.78, 5) is 21.8. The topological polar surface area (TPSA) is 52.1 Å². The molecule has 0 radical (unpaired) electrons. The number of hydrogen-bond donors (Lipinski definition) is 0. The number of unbranched alkanes of at least 4 members (excludes halogenated alkanes) is 5. The Balaban J connectivity index is 1.79. The molecule has 1 atom stereocenters. The maximum absolute atomic E-state index is 11.8. The van der Waals surface area contributed by atoms with Crippen LogP contribution in [0.15, 0.2) is 46.7 Å². The van der Waals surface area contributed by atoms with Gasteiger partial charge in [-0.2, -0.15) is 0 Å². The third-order valence-electron chi connectivity index (χ3n) is 4.48. The van der Waals surface area contributed by atoms with Crippen molar-refractivity contribution in [2.45, 2.75) is 74.6 Å². The van der Waals surface area contributed by atoms with Gasteiger partial charge in [-0.05, 0) is 38.0 Å². The molecule has 1 aromatic heterocycles. The van der Waals surface area contributed by atoms with Gasteiger partial charge in [0.2, 0.25) is 0 Å². The number of carbonyl (C=O) groups is 1. The summed E-state index contributed by atoms with van der Waals surface area (Å²) in [6.45, 7) is 6.35. The van der Waals surface area contributed by atoms with Gasteiger partial charge in [0.25, 0.3) is 0 Å². The number of esters is 1. The highest BCUT2D eigenvalue weighted by Gasteiger charge is 2.15. The fourth-order valence-electron chi connectivity index (χ4n) is 2.82. The number of rotatable bonds is 13. The fourth-order valence-corrected chi connectivity index (χ4v) is 4.47. The van der Waals surface area contributed by atoms with Gasteiger partial charge in [0.05, 0.1) is 6.61 Å². The molecular formula is C23H32N2O2S2. The van der Waals surface area contributed by atoms with Crippen LogP contribution in [0.5, 0.6) is 0 Å². The molecule has 0 amide bonds. The molecule has 158 valence electrons. The molecule has 4 nitrogen and oxygen atoms in total. The molecule has 0 fully saturated rings. The van der Waals surface area contributed by atoms with Crippen LogP contribution in [-0.2, 0) is 9.53 Å². The van der Waals surface area contributed by atoms with Crippen molar-refractivity contribution < 1.29 is 9.53 Å². The number of ether oxygens (including phenoxy) is 1. The van der Waals surface area contributed by atoms with Gasteiger partial charge >= 0.3 is 5.97 Å². The Kier molecular flexibility index (Phi) is 11.2. The minimum absolute atomic E-state index is 0.177. The van der Waals surface area contributed by atoms with Gasteiger partial charge in [-0.25, -0.2) is 9.97 Å². The van der Waals surface area contributed by atoms with Crippen LogP contribution in [0.4, 0.5) is 0 Å². The maximum Gasteiger partial charge on any atom is 0.319 e. The van der Waals surface area contributed by atoms with Crippen molar-refractivity contribution in [2.75, 3.05) is 12.4 Å². The monoisotopic (exact) mass is 432 g/mol. The van der Waals surface area contributed by atoms with Gasteiger partial charge < -0.3 is 4.74 Å². The first-order valence-electron chi connectivity index (χ1n) is 10.5. The summed E-state index contributed by atoms with van der Waals surface area (Å²) in [6.07, 6.45) is 11.6. The molecule has 0 aliphatic rings. The molecule has 2 aromatic rings. The zero-order chi connectivity index (χ0) is 20.9. The van der Waals surface area contributed by atoms with Crippen LogP contribution in [0.25, 0.3) is 11.1 Å². The van der Waals surface area contributed by atoms with Crippen molar-refractivity contribution in [3.8, 4) is 11.1 Å². The van der Waals surface area contributed by atoms with Crippen LogP contribution in [0.2, 0.25) is 0 Å². The zero-order valence-electron chi connectivity index (χ0n) is 17.7. The molecule has 0 spiro atoms. The van der Waals surface area contributed by atoms with E-state index in [1.54, 1.807) is 11.8 Å². The molecular weight excluding hydrogens is 400 g/mol. The molecule has 0 aliphatic heterocycles. The van der Waals surface area contributed by atoms with E-state index < -0.39 is 0 Å². The van der Waals surface area contributed by atoms with E-state index in [0.29, 0.717) is 6.61 Å². The number of aromatic nitrogens is 2. The van der Waals surface area contributed by atoms with E-state index >= 15 is 0 Å². The van der Waals surface area contributed by atoms with E-state index in [0.717, 1.165) is 26.9 Å². The lowest BCUT2D eigenvalue weighted by molar-refractivity contribution is -0.142. The second-order valence-corrected chi connectivity index (χ2v) is 9.38. The normalized spacial score (nSPS) is 12.0. The highest BCUT2D eigenvalue weighted by Crippen LogP contribution is 2.27. The molecule has 0 N–H and O–H groups in total. The Morgan fingerprint density at radius 3 is 2.28 bits per heavy atom. The summed E-state index contributed by atoms with van der Waals surface area (Å²) in [6, 6.07) is 8.14. The van der Waals surface area contributed by atoms with E-state index in [4.69, 9.17) is 4.74 Å². The Hall–Kier alpha value is -1.53. The van der Waals surface area contributed by atoms with Crippen LogP contribution >= 0.6 is 23.5 Å². The summed E-state index contributed by atoms with van der Waals surface area (Å²) in [7, 11) is 0. The molecule has 0 saturated carbocycles. The maximum atomic E-state index is 11.8. The Morgan fingerprint density at radius 2 is 1.62 bits per heavy atom. The molecule has 1 heterocycles. The summed E-state index contributed by atoms with van der Waals surface area (Å²) in [5, 5.41) is 0.629. The molecule has 0 saturated heterocycles. The first kappa shape index (κ1) is 23.7. The quantitative estimate of drug-likeness (QED) is 0.153. The molecule has 29 heavy (non-hydrogen) atoms. The Morgan fingerprint density at radius 1 is 0.966 bits per heavy atom. The summed E-state index contributed by atoms with van der Waals surface area (Å²) >= 11 is 3.24. The van der Waals surface area contributed by atoms with E-state index in [9.17, 15) is 4.79 Å². The predicted octanol–water partition coefficient (Wildman–Crippen LogP) is 6.64. The van der Waals surface area contributed by atoms with Crippen LogP contribution in [0, 0.1) is 0 Å². The van der Waals surface area contributed by atoms with E-state index in [1.807, 2.05) is 50.5 Å². The largest absolute Gasteiger partial charge is 0.465 e. The van der Waals surface area contributed by atoms with Crippen LogP contribution < -0.4 is 0 Å². The number of thioether (sulfide) groups is 2.